The molecule has 5 aromatic rings. The number of nitrogens with zero attached hydrogens (tertiary/aromatic N) is 3. The third-order valence-electron chi connectivity index (χ3n) is 5.70. The summed E-state index contributed by atoms with van der Waals surface area (Å²) in [5.41, 5.74) is 3.42. The first-order chi connectivity index (χ1) is 17.0. The van der Waals surface area contributed by atoms with Gasteiger partial charge in [-0.25, -0.2) is 4.98 Å². The van der Waals surface area contributed by atoms with Crippen molar-refractivity contribution in [2.75, 3.05) is 0 Å². The molecule has 0 saturated heterocycles. The number of carbonyl (C=O) groups excluding carboxylic acids is 1. The van der Waals surface area contributed by atoms with E-state index in [-0.39, 0.29) is 16.9 Å². The lowest BCUT2D eigenvalue weighted by Crippen LogP contribution is -2.15. The Labute approximate surface area is 205 Å². The van der Waals surface area contributed by atoms with Crippen molar-refractivity contribution in [2.24, 2.45) is 0 Å². The highest BCUT2D eigenvalue weighted by molar-refractivity contribution is 7.14. The van der Waals surface area contributed by atoms with Gasteiger partial charge in [0, 0.05) is 53.3 Å². The SMILES string of the molecule is Cc1ccc(C(=O)CCc2cn(-c3ccc(-n4ccccc4=O)cc3-c3cc[nH]c(=O)c3)cn2)s1. The number of carbonyl (C=O) groups is 1. The Hall–Kier alpha value is -4.30. The van der Waals surface area contributed by atoms with E-state index in [0.29, 0.717) is 24.1 Å². The van der Waals surface area contributed by atoms with Gasteiger partial charge in [0.15, 0.2) is 5.78 Å². The molecule has 35 heavy (non-hydrogen) atoms. The largest absolute Gasteiger partial charge is 0.329 e. The van der Waals surface area contributed by atoms with Crippen molar-refractivity contribution in [3.63, 3.8) is 0 Å². The lowest BCUT2D eigenvalue weighted by molar-refractivity contribution is 0.0986. The maximum atomic E-state index is 12.5. The van der Waals surface area contributed by atoms with Gasteiger partial charge in [-0.2, -0.15) is 0 Å². The number of aryl methyl sites for hydroxylation is 2. The van der Waals surface area contributed by atoms with Crippen molar-refractivity contribution in [3.05, 3.63) is 122 Å². The number of aromatic amines is 1. The molecule has 1 aromatic carbocycles. The van der Waals surface area contributed by atoms with Crippen LogP contribution in [0.5, 0.6) is 0 Å². The molecular weight excluding hydrogens is 460 g/mol. The van der Waals surface area contributed by atoms with E-state index in [1.165, 1.54) is 23.5 Å². The zero-order valence-corrected chi connectivity index (χ0v) is 19.8. The number of hydrogen-bond donors (Lipinski definition) is 1. The van der Waals surface area contributed by atoms with Crippen LogP contribution in [0.3, 0.4) is 0 Å². The first-order valence-electron chi connectivity index (χ1n) is 11.1. The van der Waals surface area contributed by atoms with Crippen molar-refractivity contribution in [2.45, 2.75) is 19.8 Å². The van der Waals surface area contributed by atoms with Crippen LogP contribution >= 0.6 is 11.3 Å². The van der Waals surface area contributed by atoms with E-state index >= 15 is 0 Å². The van der Waals surface area contributed by atoms with Gasteiger partial charge in [-0.05, 0) is 61.4 Å². The van der Waals surface area contributed by atoms with Crippen LogP contribution in [0.2, 0.25) is 0 Å². The molecule has 0 fully saturated rings. The van der Waals surface area contributed by atoms with Crippen LogP contribution < -0.4 is 11.1 Å². The minimum absolute atomic E-state index is 0.111. The average Bonchev–Trinajstić information content (AvgIpc) is 3.52. The Morgan fingerprint density at radius 1 is 1.06 bits per heavy atom. The average molecular weight is 483 g/mol. The fourth-order valence-corrected chi connectivity index (χ4v) is 4.79. The number of hydrogen-bond acceptors (Lipinski definition) is 5. The number of nitrogens with one attached hydrogen (secondary N) is 1. The number of aromatic nitrogens is 4. The molecule has 0 radical (unpaired) electrons. The minimum Gasteiger partial charge on any atom is -0.329 e. The van der Waals surface area contributed by atoms with E-state index in [4.69, 9.17) is 0 Å². The van der Waals surface area contributed by atoms with E-state index in [0.717, 1.165) is 26.7 Å². The summed E-state index contributed by atoms with van der Waals surface area (Å²) in [7, 11) is 0. The minimum atomic E-state index is -0.218. The quantitative estimate of drug-likeness (QED) is 0.344. The summed E-state index contributed by atoms with van der Waals surface area (Å²) in [5.74, 6) is 0.111. The van der Waals surface area contributed by atoms with Crippen LogP contribution in [0.1, 0.15) is 26.7 Å². The highest BCUT2D eigenvalue weighted by Crippen LogP contribution is 2.28. The molecule has 0 amide bonds. The number of pyridine rings is 2. The van der Waals surface area contributed by atoms with Crippen LogP contribution in [-0.4, -0.2) is 24.9 Å². The summed E-state index contributed by atoms with van der Waals surface area (Å²) in [6.45, 7) is 1.99. The number of thiophene rings is 1. The Bertz CT molecular complexity index is 1640. The van der Waals surface area contributed by atoms with Crippen LogP contribution in [0.15, 0.2) is 95.2 Å². The number of rotatable bonds is 7. The van der Waals surface area contributed by atoms with E-state index in [1.807, 2.05) is 54.1 Å². The fourth-order valence-electron chi connectivity index (χ4n) is 3.96. The molecule has 4 heterocycles. The predicted molar refractivity (Wildman–Crippen MR) is 137 cm³/mol. The predicted octanol–water partition coefficient (Wildman–Crippen LogP) is 4.56. The summed E-state index contributed by atoms with van der Waals surface area (Å²) in [6.07, 6.45) is 7.82. The molecule has 0 aliphatic heterocycles. The number of ketones is 1. The van der Waals surface area contributed by atoms with Crippen LogP contribution in [-0.2, 0) is 6.42 Å². The van der Waals surface area contributed by atoms with E-state index in [2.05, 4.69) is 9.97 Å². The van der Waals surface area contributed by atoms with Crippen molar-refractivity contribution < 1.29 is 4.79 Å². The smallest absolute Gasteiger partial charge is 0.255 e. The zero-order chi connectivity index (χ0) is 24.4. The first-order valence-corrected chi connectivity index (χ1v) is 11.9. The van der Waals surface area contributed by atoms with Gasteiger partial charge in [0.25, 0.3) is 5.56 Å². The van der Waals surface area contributed by atoms with Gasteiger partial charge in [-0.1, -0.05) is 6.07 Å². The second-order valence-electron chi connectivity index (χ2n) is 8.16. The van der Waals surface area contributed by atoms with Gasteiger partial charge in [0.2, 0.25) is 5.56 Å². The molecule has 0 unspecified atom stereocenters. The standard InChI is InChI=1S/C27H22N4O3S/c1-18-5-10-25(35-18)24(32)9-6-20-16-30(17-29-20)23-8-7-21(31-13-3-2-4-27(31)34)15-22(23)19-11-12-28-26(33)14-19/h2-5,7-8,10-17H,6,9H2,1H3,(H,28,33). The highest BCUT2D eigenvalue weighted by Gasteiger charge is 2.13. The lowest BCUT2D eigenvalue weighted by Gasteiger charge is -2.14. The molecular formula is C27H22N4O3S. The van der Waals surface area contributed by atoms with Gasteiger partial charge in [-0.3, -0.25) is 19.0 Å². The number of imidazole rings is 1. The molecule has 0 saturated carbocycles. The summed E-state index contributed by atoms with van der Waals surface area (Å²) < 4.78 is 3.43. The van der Waals surface area contributed by atoms with Gasteiger partial charge in [0.05, 0.1) is 22.6 Å². The molecule has 4 aromatic heterocycles. The molecule has 8 heteroatoms. The Morgan fingerprint density at radius 2 is 1.94 bits per heavy atom. The molecule has 1 N–H and O–H groups in total. The summed E-state index contributed by atoms with van der Waals surface area (Å²) in [5, 5.41) is 0. The van der Waals surface area contributed by atoms with Crippen LogP contribution in [0.4, 0.5) is 0 Å². The van der Waals surface area contributed by atoms with Crippen molar-refractivity contribution in [1.29, 1.82) is 0 Å². The van der Waals surface area contributed by atoms with Crippen molar-refractivity contribution in [3.8, 4) is 22.5 Å². The van der Waals surface area contributed by atoms with Crippen LogP contribution in [0.25, 0.3) is 22.5 Å². The fraction of sp³-hybridized carbons (Fsp3) is 0.111. The number of benzene rings is 1. The molecule has 0 spiro atoms. The third kappa shape index (κ3) is 4.83. The molecule has 7 nitrogen and oxygen atoms in total. The number of Topliss-reactive ketones (excluding diaryl/α,β-unsaturated/α-hetero) is 1. The lowest BCUT2D eigenvalue weighted by atomic mass is 10.0. The van der Waals surface area contributed by atoms with Crippen LogP contribution in [0, 0.1) is 6.92 Å². The number of H-pyrrole nitrogens is 1. The maximum Gasteiger partial charge on any atom is 0.255 e. The molecule has 0 bridgehead atoms. The third-order valence-corrected chi connectivity index (χ3v) is 6.75. The normalized spacial score (nSPS) is 11.0. The molecule has 0 aliphatic rings. The topological polar surface area (TPSA) is 89.8 Å². The maximum absolute atomic E-state index is 12.5. The molecule has 0 aliphatic carbocycles. The van der Waals surface area contributed by atoms with E-state index in [9.17, 15) is 14.4 Å². The van der Waals surface area contributed by atoms with Gasteiger partial charge in [-0.15, -0.1) is 11.3 Å². The van der Waals surface area contributed by atoms with Crippen molar-refractivity contribution >= 4 is 17.1 Å². The Balaban J connectivity index is 1.49. The monoisotopic (exact) mass is 482 g/mol. The summed E-state index contributed by atoms with van der Waals surface area (Å²) >= 11 is 1.51. The Kier molecular flexibility index (Phi) is 6.12. The molecule has 5 rings (SSSR count). The second-order valence-corrected chi connectivity index (χ2v) is 9.45. The zero-order valence-electron chi connectivity index (χ0n) is 19.0. The van der Waals surface area contributed by atoms with Crippen molar-refractivity contribution in [1.82, 2.24) is 19.1 Å². The van der Waals surface area contributed by atoms with Gasteiger partial charge < -0.3 is 9.55 Å². The second kappa shape index (κ2) is 9.52. The van der Waals surface area contributed by atoms with Gasteiger partial charge >= 0.3 is 0 Å². The summed E-state index contributed by atoms with van der Waals surface area (Å²) in [4.78, 5) is 45.9. The highest BCUT2D eigenvalue weighted by atomic mass is 32.1. The summed E-state index contributed by atoms with van der Waals surface area (Å²) in [6, 6.07) is 17.8. The molecule has 0 atom stereocenters. The first kappa shape index (κ1) is 22.5. The molecule has 174 valence electrons. The Morgan fingerprint density at radius 3 is 2.71 bits per heavy atom. The van der Waals surface area contributed by atoms with Gasteiger partial charge in [0.1, 0.15) is 0 Å². The van der Waals surface area contributed by atoms with E-state index in [1.54, 1.807) is 35.4 Å². The van der Waals surface area contributed by atoms with E-state index < -0.39 is 0 Å².